The molecule has 1 aromatic rings. The van der Waals surface area contributed by atoms with Gasteiger partial charge in [0, 0.05) is 4.57 Å². The molecule has 0 saturated heterocycles. The Labute approximate surface area is 125 Å². The molecule has 0 aliphatic heterocycles. The van der Waals surface area contributed by atoms with E-state index in [9.17, 15) is 4.57 Å². The van der Waals surface area contributed by atoms with E-state index in [1.165, 1.54) is 0 Å². The number of benzene rings is 1. The molecule has 1 rings (SSSR count). The van der Waals surface area contributed by atoms with E-state index >= 15 is 0 Å². The van der Waals surface area contributed by atoms with Crippen molar-refractivity contribution in [1.29, 1.82) is 0 Å². The second kappa shape index (κ2) is 10.8. The number of nitrogen functional groups attached to an aromatic ring is 3. The fourth-order valence-corrected chi connectivity index (χ4v) is 1.11. The average molecular weight is 270 g/mol. The maximum atomic E-state index is 9.68. The topological polar surface area (TPSA) is 125 Å². The summed E-state index contributed by atoms with van der Waals surface area (Å²) in [5, 5.41) is 0. The van der Waals surface area contributed by atoms with E-state index in [0.717, 1.165) is 6.42 Å². The normalized spacial score (nSPS) is 9.65. The zero-order valence-corrected chi connectivity index (χ0v) is 13.0. The second-order valence-electron chi connectivity index (χ2n) is 2.92. The number of anilines is 3. The third kappa shape index (κ3) is 9.35. The molecule has 0 radical (unpaired) electrons. The molecule has 0 amide bonds. The van der Waals surface area contributed by atoms with Crippen LogP contribution in [0.2, 0.25) is 0 Å². The largest absolute Gasteiger partial charge is 1.00 e. The van der Waals surface area contributed by atoms with Gasteiger partial charge in [-0.2, -0.15) is 0 Å². The van der Waals surface area contributed by atoms with E-state index in [1.807, 2.05) is 6.92 Å². The Kier molecular flexibility index (Phi) is 12.0. The van der Waals surface area contributed by atoms with Crippen molar-refractivity contribution in [3.63, 3.8) is 0 Å². The standard InChI is InChI=1S/C6H9N3.C3H7O3P.Na.H/c7-4-2-1-3-5(8)6(4)9;1-2-3-6-7(4)5;;/h1-3H,7-9H2;2-3H2,1H3;;/q;;+1;-1/p+1. The molecular formula is C9H18N3NaO3P+. The Balaban J connectivity index is -0.000000232. The van der Waals surface area contributed by atoms with Crippen molar-refractivity contribution in [2.24, 2.45) is 0 Å². The minimum absolute atomic E-state index is 0. The molecule has 0 heterocycles. The molecule has 0 fully saturated rings. The zero-order chi connectivity index (χ0) is 12.6. The van der Waals surface area contributed by atoms with Crippen LogP contribution in [0.3, 0.4) is 0 Å². The number of hydrogen-bond donors (Lipinski definition) is 4. The van der Waals surface area contributed by atoms with Crippen molar-refractivity contribution in [2.75, 3.05) is 23.8 Å². The monoisotopic (exact) mass is 270 g/mol. The van der Waals surface area contributed by atoms with Crippen LogP contribution in [-0.4, -0.2) is 11.5 Å². The van der Waals surface area contributed by atoms with Crippen molar-refractivity contribution in [1.82, 2.24) is 0 Å². The van der Waals surface area contributed by atoms with Crippen LogP contribution >= 0.6 is 8.25 Å². The number of nitrogens with two attached hydrogens (primary N) is 3. The molecule has 6 nitrogen and oxygen atoms in total. The molecule has 0 aliphatic rings. The molecule has 0 aliphatic carbocycles. The van der Waals surface area contributed by atoms with Gasteiger partial charge in [0.1, 0.15) is 6.61 Å². The van der Waals surface area contributed by atoms with Crippen LogP contribution in [-0.2, 0) is 9.09 Å². The van der Waals surface area contributed by atoms with Crippen LogP contribution in [0.1, 0.15) is 14.8 Å². The number of rotatable bonds is 3. The minimum atomic E-state index is -2.36. The second-order valence-corrected chi connectivity index (χ2v) is 3.66. The van der Waals surface area contributed by atoms with Crippen LogP contribution in [0.25, 0.3) is 0 Å². The van der Waals surface area contributed by atoms with Gasteiger partial charge in [-0.1, -0.05) is 13.0 Å². The summed E-state index contributed by atoms with van der Waals surface area (Å²) < 4.78 is 13.9. The molecule has 1 atom stereocenters. The molecule has 17 heavy (non-hydrogen) atoms. The van der Waals surface area contributed by atoms with Crippen molar-refractivity contribution in [3.8, 4) is 0 Å². The van der Waals surface area contributed by atoms with Crippen LogP contribution in [0.4, 0.5) is 17.1 Å². The first-order valence-electron chi connectivity index (χ1n) is 4.67. The van der Waals surface area contributed by atoms with Crippen LogP contribution in [0, 0.1) is 0 Å². The molecule has 0 aromatic heterocycles. The van der Waals surface area contributed by atoms with Gasteiger partial charge in [-0.3, -0.25) is 0 Å². The van der Waals surface area contributed by atoms with Crippen LogP contribution in [0.15, 0.2) is 18.2 Å². The Hall–Kier alpha value is -0.360. The van der Waals surface area contributed by atoms with E-state index in [1.54, 1.807) is 18.2 Å². The molecular weight excluding hydrogens is 252 g/mol. The molecule has 92 valence electrons. The first-order valence-corrected chi connectivity index (χ1v) is 5.80. The Bertz CT molecular complexity index is 338. The quantitative estimate of drug-likeness (QED) is 0.304. The van der Waals surface area contributed by atoms with Gasteiger partial charge < -0.3 is 18.6 Å². The van der Waals surface area contributed by atoms with Crippen molar-refractivity contribution >= 4 is 25.3 Å². The minimum Gasteiger partial charge on any atom is -1.00 e. The van der Waals surface area contributed by atoms with Gasteiger partial charge in [0.15, 0.2) is 0 Å². The summed E-state index contributed by atoms with van der Waals surface area (Å²) in [4.78, 5) is 7.97. The van der Waals surface area contributed by atoms with Gasteiger partial charge >= 0.3 is 37.8 Å². The SMILES string of the molecule is CCCO[P+](=O)O.Nc1cccc(N)c1N.[H-].[Na+]. The van der Waals surface area contributed by atoms with Gasteiger partial charge in [0.2, 0.25) is 0 Å². The van der Waals surface area contributed by atoms with E-state index in [0.29, 0.717) is 23.7 Å². The van der Waals surface area contributed by atoms with Crippen molar-refractivity contribution in [3.05, 3.63) is 18.2 Å². The predicted molar refractivity (Wildman–Crippen MR) is 66.9 cm³/mol. The maximum absolute atomic E-state index is 9.68. The van der Waals surface area contributed by atoms with E-state index in [2.05, 4.69) is 4.52 Å². The van der Waals surface area contributed by atoms with Gasteiger partial charge in [-0.25, -0.2) is 0 Å². The molecule has 0 spiro atoms. The maximum Gasteiger partial charge on any atom is 1.00 e. The summed E-state index contributed by atoms with van der Waals surface area (Å²) in [6.45, 7) is 2.24. The number of para-hydroxylation sites is 1. The van der Waals surface area contributed by atoms with E-state index in [4.69, 9.17) is 22.1 Å². The third-order valence-electron chi connectivity index (χ3n) is 1.58. The molecule has 8 heteroatoms. The summed E-state index contributed by atoms with van der Waals surface area (Å²) in [6.07, 6.45) is 0.779. The zero-order valence-electron chi connectivity index (χ0n) is 11.1. The average Bonchev–Trinajstić information content (AvgIpc) is 2.24. The molecule has 1 unspecified atom stereocenters. The Morgan fingerprint density at radius 1 is 1.35 bits per heavy atom. The van der Waals surface area contributed by atoms with Gasteiger partial charge in [0.25, 0.3) is 0 Å². The van der Waals surface area contributed by atoms with Crippen LogP contribution in [0.5, 0.6) is 0 Å². The molecule has 0 saturated carbocycles. The van der Waals surface area contributed by atoms with E-state index in [-0.39, 0.29) is 31.0 Å². The van der Waals surface area contributed by atoms with Gasteiger partial charge in [-0.15, -0.1) is 9.42 Å². The molecule has 0 bridgehead atoms. The van der Waals surface area contributed by atoms with Crippen molar-refractivity contribution in [2.45, 2.75) is 13.3 Å². The first kappa shape index (κ1) is 19.0. The molecule has 7 N–H and O–H groups in total. The Morgan fingerprint density at radius 2 is 1.82 bits per heavy atom. The number of hydrogen-bond acceptors (Lipinski definition) is 5. The summed E-state index contributed by atoms with van der Waals surface area (Å²) in [5.74, 6) is 0. The van der Waals surface area contributed by atoms with Crippen LogP contribution < -0.4 is 46.8 Å². The smallest absolute Gasteiger partial charge is 1.00 e. The summed E-state index contributed by atoms with van der Waals surface area (Å²) in [7, 11) is -2.36. The fourth-order valence-electron chi connectivity index (χ4n) is 0.771. The first-order chi connectivity index (χ1) is 7.49. The van der Waals surface area contributed by atoms with Gasteiger partial charge in [-0.05, 0) is 18.6 Å². The predicted octanol–water partition coefficient (Wildman–Crippen LogP) is -1.39. The van der Waals surface area contributed by atoms with Crippen molar-refractivity contribution < 1.29 is 45.0 Å². The summed E-state index contributed by atoms with van der Waals surface area (Å²) in [5.41, 5.74) is 17.8. The third-order valence-corrected chi connectivity index (χ3v) is 1.98. The summed E-state index contributed by atoms with van der Waals surface area (Å²) >= 11 is 0. The van der Waals surface area contributed by atoms with Gasteiger partial charge in [0.05, 0.1) is 17.1 Å². The molecule has 1 aromatic carbocycles. The summed E-state index contributed by atoms with van der Waals surface area (Å²) in [6, 6.07) is 5.19. The van der Waals surface area contributed by atoms with E-state index < -0.39 is 8.25 Å². The fraction of sp³-hybridized carbons (Fsp3) is 0.333. The Morgan fingerprint density at radius 3 is 2.06 bits per heavy atom.